The number of benzene rings is 1. The molecule has 0 bridgehead atoms. The van der Waals surface area contributed by atoms with E-state index in [1.165, 1.54) is 12.1 Å². The van der Waals surface area contributed by atoms with E-state index in [1.54, 1.807) is 23.7 Å². The molecule has 2 heterocycles. The molecule has 2 aliphatic heterocycles. The van der Waals surface area contributed by atoms with Crippen molar-refractivity contribution in [3.05, 3.63) is 35.9 Å². The molecular weight excluding hydrogens is 474 g/mol. The summed E-state index contributed by atoms with van der Waals surface area (Å²) in [6, 6.07) is 6.33. The number of aliphatic imine (C=N–C) groups is 1. The number of amides is 5. The van der Waals surface area contributed by atoms with Gasteiger partial charge in [0.05, 0.1) is 13.0 Å². The molecule has 0 aliphatic carbocycles. The van der Waals surface area contributed by atoms with E-state index in [-0.39, 0.29) is 18.5 Å². The van der Waals surface area contributed by atoms with Gasteiger partial charge in [-0.05, 0) is 12.8 Å². The minimum atomic E-state index is -1.12. The van der Waals surface area contributed by atoms with Gasteiger partial charge in [-0.3, -0.25) is 29.1 Å². The summed E-state index contributed by atoms with van der Waals surface area (Å²) in [5, 5.41) is 11.1. The molecule has 0 spiro atoms. The first kappa shape index (κ1) is 26.1. The number of hydroxylamine groups is 1. The van der Waals surface area contributed by atoms with Crippen LogP contribution >= 0.6 is 0 Å². The molecule has 0 radical (unpaired) electrons. The molecule has 0 saturated carbocycles. The van der Waals surface area contributed by atoms with Crippen LogP contribution in [-0.4, -0.2) is 85.1 Å². The van der Waals surface area contributed by atoms with Crippen LogP contribution in [0.25, 0.3) is 0 Å². The molecule has 2 aliphatic rings. The van der Waals surface area contributed by atoms with Gasteiger partial charge in [0, 0.05) is 25.2 Å². The molecule has 1 aromatic carbocycles. The van der Waals surface area contributed by atoms with E-state index in [2.05, 4.69) is 31.1 Å². The molecule has 1 saturated heterocycles. The first-order valence-corrected chi connectivity index (χ1v) is 11.4. The SMILES string of the molecule is O=C(CN1C(=O)N[C@@H](CCCNC2=NCCN2)C1=O)NCCC(=O)ONC(=O)C(=O)c1ccccc1. The lowest BCUT2D eigenvalue weighted by atomic mass is 10.1. The Morgan fingerprint density at radius 3 is 2.61 bits per heavy atom. The van der Waals surface area contributed by atoms with Crippen molar-refractivity contribution >= 4 is 41.5 Å². The number of carbonyl (C=O) groups excluding carboxylic acids is 6. The number of nitrogens with one attached hydrogen (secondary N) is 5. The fourth-order valence-electron chi connectivity index (χ4n) is 3.38. The highest BCUT2D eigenvalue weighted by atomic mass is 16.7. The summed E-state index contributed by atoms with van der Waals surface area (Å²) in [7, 11) is 0. The number of hydrogen-bond donors (Lipinski definition) is 5. The van der Waals surface area contributed by atoms with E-state index < -0.39 is 48.1 Å². The first-order valence-electron chi connectivity index (χ1n) is 11.4. The van der Waals surface area contributed by atoms with Crippen molar-refractivity contribution in [3.8, 4) is 0 Å². The fourth-order valence-corrected chi connectivity index (χ4v) is 3.38. The van der Waals surface area contributed by atoms with Gasteiger partial charge in [-0.1, -0.05) is 30.3 Å². The number of imide groups is 1. The number of urea groups is 1. The van der Waals surface area contributed by atoms with Gasteiger partial charge in [0.15, 0.2) is 5.96 Å². The zero-order chi connectivity index (χ0) is 25.9. The Bertz CT molecular complexity index is 1040. The number of nitrogens with zero attached hydrogens (tertiary/aromatic N) is 2. The Balaban J connectivity index is 1.30. The lowest BCUT2D eigenvalue weighted by Gasteiger charge is -2.13. The van der Waals surface area contributed by atoms with E-state index in [1.807, 2.05) is 0 Å². The van der Waals surface area contributed by atoms with Crippen LogP contribution in [0.4, 0.5) is 4.79 Å². The molecule has 14 heteroatoms. The van der Waals surface area contributed by atoms with Crippen LogP contribution in [0.5, 0.6) is 0 Å². The van der Waals surface area contributed by atoms with Crippen LogP contribution in [-0.2, 0) is 24.0 Å². The van der Waals surface area contributed by atoms with Gasteiger partial charge in [-0.15, -0.1) is 0 Å². The number of guanidine groups is 1. The van der Waals surface area contributed by atoms with Crippen molar-refractivity contribution in [1.82, 2.24) is 31.6 Å². The Morgan fingerprint density at radius 1 is 1.11 bits per heavy atom. The van der Waals surface area contributed by atoms with Crippen LogP contribution in [0.15, 0.2) is 35.3 Å². The number of rotatable bonds is 11. The van der Waals surface area contributed by atoms with Crippen molar-refractivity contribution in [1.29, 1.82) is 0 Å². The fraction of sp³-hybridized carbons (Fsp3) is 0.409. The molecule has 0 unspecified atom stereocenters. The molecule has 192 valence electrons. The third kappa shape index (κ3) is 7.51. The number of hydrogen-bond acceptors (Lipinski definition) is 10. The van der Waals surface area contributed by atoms with E-state index in [0.717, 1.165) is 11.4 Å². The van der Waals surface area contributed by atoms with E-state index >= 15 is 0 Å². The predicted octanol–water partition coefficient (Wildman–Crippen LogP) is -1.80. The van der Waals surface area contributed by atoms with E-state index in [4.69, 9.17) is 0 Å². The first-order chi connectivity index (χ1) is 17.3. The summed E-state index contributed by atoms with van der Waals surface area (Å²) < 4.78 is 0. The summed E-state index contributed by atoms with van der Waals surface area (Å²) >= 11 is 0. The van der Waals surface area contributed by atoms with Gasteiger partial charge in [0.2, 0.25) is 5.91 Å². The molecule has 1 atom stereocenters. The molecule has 5 amide bonds. The molecule has 5 N–H and O–H groups in total. The number of carbonyl (C=O) groups is 6. The summed E-state index contributed by atoms with van der Waals surface area (Å²) in [6.07, 6.45) is 0.682. The lowest BCUT2D eigenvalue weighted by molar-refractivity contribution is -0.156. The Kier molecular flexibility index (Phi) is 9.31. The summed E-state index contributed by atoms with van der Waals surface area (Å²) in [4.78, 5) is 81.6. The minimum Gasteiger partial charge on any atom is -0.356 e. The van der Waals surface area contributed by atoms with Gasteiger partial charge < -0.3 is 26.1 Å². The van der Waals surface area contributed by atoms with Crippen LogP contribution in [0.1, 0.15) is 29.6 Å². The Morgan fingerprint density at radius 2 is 1.89 bits per heavy atom. The minimum absolute atomic E-state index is 0.133. The van der Waals surface area contributed by atoms with E-state index in [0.29, 0.717) is 31.9 Å². The predicted molar refractivity (Wildman–Crippen MR) is 124 cm³/mol. The maximum Gasteiger partial charge on any atom is 0.334 e. The summed E-state index contributed by atoms with van der Waals surface area (Å²) in [6.45, 7) is 1.39. The standard InChI is InChI=1S/C22H27N7O7/c30-16(23-10-8-17(31)36-28-19(33)18(32)14-5-2-1-3-6-14)13-29-20(34)15(27-22(29)35)7-4-9-24-21-25-11-12-26-21/h1-3,5-6,15H,4,7-13H2,(H,23,30)(H,27,35)(H,28,33)(H2,24,25,26)/t15-/m0/s1. The number of ketones is 1. The maximum absolute atomic E-state index is 12.5. The molecule has 36 heavy (non-hydrogen) atoms. The van der Waals surface area contributed by atoms with Gasteiger partial charge >= 0.3 is 17.9 Å². The van der Waals surface area contributed by atoms with Crippen molar-refractivity contribution in [2.75, 3.05) is 32.7 Å². The highest BCUT2D eigenvalue weighted by molar-refractivity contribution is 6.42. The average Bonchev–Trinajstić information content (AvgIpc) is 3.49. The second-order valence-corrected chi connectivity index (χ2v) is 7.85. The van der Waals surface area contributed by atoms with Crippen LogP contribution in [0, 0.1) is 0 Å². The highest BCUT2D eigenvalue weighted by Gasteiger charge is 2.38. The average molecular weight is 502 g/mol. The molecular formula is C22H27N7O7. The van der Waals surface area contributed by atoms with Crippen molar-refractivity contribution in [2.45, 2.75) is 25.3 Å². The zero-order valence-electron chi connectivity index (χ0n) is 19.4. The Hall–Kier alpha value is -4.49. The largest absolute Gasteiger partial charge is 0.356 e. The summed E-state index contributed by atoms with van der Waals surface area (Å²) in [5.74, 6) is -3.33. The smallest absolute Gasteiger partial charge is 0.334 e. The number of Topliss-reactive ketones (excluding diaryl/α,β-unsaturated/α-hetero) is 1. The molecule has 1 fully saturated rings. The van der Waals surface area contributed by atoms with E-state index in [9.17, 15) is 28.8 Å². The lowest BCUT2D eigenvalue weighted by Crippen LogP contribution is -2.42. The van der Waals surface area contributed by atoms with Gasteiger partial charge in [0.1, 0.15) is 12.6 Å². The second-order valence-electron chi connectivity index (χ2n) is 7.85. The van der Waals surface area contributed by atoms with Crippen molar-refractivity contribution < 1.29 is 33.6 Å². The molecule has 3 rings (SSSR count). The third-order valence-electron chi connectivity index (χ3n) is 5.20. The molecule has 0 aromatic heterocycles. The van der Waals surface area contributed by atoms with Crippen molar-refractivity contribution in [3.63, 3.8) is 0 Å². The third-order valence-corrected chi connectivity index (χ3v) is 5.20. The maximum atomic E-state index is 12.5. The van der Waals surface area contributed by atoms with Gasteiger partial charge in [0.25, 0.3) is 11.7 Å². The molecule has 1 aromatic rings. The normalized spacial score (nSPS) is 16.5. The topological polar surface area (TPSA) is 187 Å². The quantitative estimate of drug-likeness (QED) is 0.0766. The highest BCUT2D eigenvalue weighted by Crippen LogP contribution is 2.10. The van der Waals surface area contributed by atoms with Crippen LogP contribution < -0.4 is 26.7 Å². The van der Waals surface area contributed by atoms with Crippen LogP contribution in [0.3, 0.4) is 0 Å². The van der Waals surface area contributed by atoms with Gasteiger partial charge in [-0.2, -0.15) is 5.48 Å². The van der Waals surface area contributed by atoms with Crippen LogP contribution in [0.2, 0.25) is 0 Å². The zero-order valence-corrected chi connectivity index (χ0v) is 19.4. The molecule has 14 nitrogen and oxygen atoms in total. The van der Waals surface area contributed by atoms with Gasteiger partial charge in [-0.25, -0.2) is 9.59 Å². The Labute approximate surface area is 206 Å². The summed E-state index contributed by atoms with van der Waals surface area (Å²) in [5.41, 5.74) is 1.89. The monoisotopic (exact) mass is 501 g/mol. The van der Waals surface area contributed by atoms with Crippen molar-refractivity contribution in [2.24, 2.45) is 4.99 Å². The second kappa shape index (κ2) is 12.8.